The summed E-state index contributed by atoms with van der Waals surface area (Å²) in [5.41, 5.74) is 5.24. The standard InChI is InChI=1S/C26H28N2O4/c1-7-31-19-11-15-12-25(2,3)27-21(20(15)18-13-26(4,5)32-22(18)19)14-8-9-16-17(10-14)24(30)28(6)23(16)29/h8-11H,7,12-13H2,1-6H3. The summed E-state index contributed by atoms with van der Waals surface area (Å²) in [6.45, 7) is 10.9. The quantitative estimate of drug-likeness (QED) is 0.682. The molecule has 5 rings (SSSR count). The van der Waals surface area contributed by atoms with Crippen molar-refractivity contribution in [2.75, 3.05) is 13.7 Å². The maximum Gasteiger partial charge on any atom is 0.261 e. The molecule has 0 saturated heterocycles. The largest absolute Gasteiger partial charge is 0.490 e. The van der Waals surface area contributed by atoms with E-state index in [1.54, 1.807) is 6.07 Å². The summed E-state index contributed by atoms with van der Waals surface area (Å²) >= 11 is 0. The van der Waals surface area contributed by atoms with Gasteiger partial charge >= 0.3 is 0 Å². The van der Waals surface area contributed by atoms with Crippen molar-refractivity contribution in [3.63, 3.8) is 0 Å². The fourth-order valence-corrected chi connectivity index (χ4v) is 5.05. The topological polar surface area (TPSA) is 68.2 Å². The second kappa shape index (κ2) is 6.67. The first-order valence-corrected chi connectivity index (χ1v) is 11.1. The predicted octanol–water partition coefficient (Wildman–Crippen LogP) is 4.20. The Bertz CT molecular complexity index is 1220. The van der Waals surface area contributed by atoms with Crippen molar-refractivity contribution in [2.24, 2.45) is 4.99 Å². The Labute approximate surface area is 188 Å². The van der Waals surface area contributed by atoms with Gasteiger partial charge in [0, 0.05) is 30.2 Å². The Kier molecular flexibility index (Phi) is 4.32. The van der Waals surface area contributed by atoms with E-state index in [4.69, 9.17) is 14.5 Å². The zero-order chi connectivity index (χ0) is 23.0. The van der Waals surface area contributed by atoms with Crippen LogP contribution in [0.5, 0.6) is 11.5 Å². The number of benzene rings is 2. The number of carbonyl (C=O) groups is 2. The molecule has 0 aromatic heterocycles. The van der Waals surface area contributed by atoms with Gasteiger partial charge in [-0.25, -0.2) is 0 Å². The molecule has 32 heavy (non-hydrogen) atoms. The van der Waals surface area contributed by atoms with Gasteiger partial charge in [0.1, 0.15) is 5.60 Å². The maximum absolute atomic E-state index is 12.6. The molecule has 6 heteroatoms. The first-order valence-electron chi connectivity index (χ1n) is 11.1. The van der Waals surface area contributed by atoms with Crippen molar-refractivity contribution < 1.29 is 19.1 Å². The molecule has 2 amide bonds. The van der Waals surface area contributed by atoms with Gasteiger partial charge in [-0.2, -0.15) is 0 Å². The van der Waals surface area contributed by atoms with E-state index in [0.717, 1.165) is 51.6 Å². The van der Waals surface area contributed by atoms with Crippen LogP contribution < -0.4 is 9.47 Å². The van der Waals surface area contributed by atoms with Gasteiger partial charge in [0.2, 0.25) is 0 Å². The molecule has 0 radical (unpaired) electrons. The summed E-state index contributed by atoms with van der Waals surface area (Å²) < 4.78 is 12.3. The van der Waals surface area contributed by atoms with Crippen molar-refractivity contribution in [3.8, 4) is 11.5 Å². The minimum absolute atomic E-state index is 0.264. The smallest absolute Gasteiger partial charge is 0.261 e. The summed E-state index contributed by atoms with van der Waals surface area (Å²) in [5, 5.41) is 0. The van der Waals surface area contributed by atoms with Crippen LogP contribution in [0.3, 0.4) is 0 Å². The van der Waals surface area contributed by atoms with Crippen LogP contribution in [0.4, 0.5) is 0 Å². The Morgan fingerprint density at radius 3 is 2.50 bits per heavy atom. The molecule has 0 saturated carbocycles. The van der Waals surface area contributed by atoms with E-state index in [1.165, 1.54) is 12.6 Å². The number of rotatable bonds is 3. The zero-order valence-corrected chi connectivity index (χ0v) is 19.5. The molecule has 0 N–H and O–H groups in total. The van der Waals surface area contributed by atoms with Crippen molar-refractivity contribution in [1.29, 1.82) is 0 Å². The number of hydrogen-bond donors (Lipinski definition) is 0. The first kappa shape index (κ1) is 20.7. The average molecular weight is 433 g/mol. The van der Waals surface area contributed by atoms with Crippen LogP contribution in [0.25, 0.3) is 0 Å². The molecule has 2 aromatic carbocycles. The highest BCUT2D eigenvalue weighted by Gasteiger charge is 2.40. The summed E-state index contributed by atoms with van der Waals surface area (Å²) in [4.78, 5) is 31.3. The molecule has 0 aliphatic carbocycles. The monoisotopic (exact) mass is 432 g/mol. The SMILES string of the molecule is CCOc1cc2c(c3c1OC(C)(C)C3)C(c1ccc3c(c1)C(=O)N(C)C3=O)=NC(C)(C)C2. The second-order valence-corrected chi connectivity index (χ2v) is 10.1. The lowest BCUT2D eigenvalue weighted by molar-refractivity contribution is 0.0693. The first-order chi connectivity index (χ1) is 15.0. The van der Waals surface area contributed by atoms with Crippen molar-refractivity contribution >= 4 is 17.5 Å². The van der Waals surface area contributed by atoms with E-state index >= 15 is 0 Å². The summed E-state index contributed by atoms with van der Waals surface area (Å²) in [6.07, 6.45) is 1.53. The van der Waals surface area contributed by atoms with Crippen LogP contribution in [0.1, 0.15) is 77.6 Å². The predicted molar refractivity (Wildman–Crippen MR) is 122 cm³/mol. The highest BCUT2D eigenvalue weighted by molar-refractivity contribution is 6.23. The van der Waals surface area contributed by atoms with Gasteiger partial charge in [0.05, 0.1) is 29.0 Å². The number of imide groups is 1. The van der Waals surface area contributed by atoms with Gasteiger partial charge < -0.3 is 9.47 Å². The van der Waals surface area contributed by atoms with Gasteiger partial charge in [0.15, 0.2) is 11.5 Å². The lowest BCUT2D eigenvalue weighted by Gasteiger charge is -2.31. The van der Waals surface area contributed by atoms with Gasteiger partial charge in [-0.3, -0.25) is 19.5 Å². The molecular weight excluding hydrogens is 404 g/mol. The second-order valence-electron chi connectivity index (χ2n) is 10.1. The Balaban J connectivity index is 1.73. The zero-order valence-electron chi connectivity index (χ0n) is 19.5. The van der Waals surface area contributed by atoms with Crippen molar-refractivity contribution in [1.82, 2.24) is 4.90 Å². The molecule has 3 aliphatic heterocycles. The minimum atomic E-state index is -0.343. The van der Waals surface area contributed by atoms with E-state index in [1.807, 2.05) is 19.1 Å². The fraction of sp³-hybridized carbons (Fsp3) is 0.423. The molecule has 0 bridgehead atoms. The van der Waals surface area contributed by atoms with Crippen LogP contribution in [0, 0.1) is 0 Å². The lowest BCUT2D eigenvalue weighted by atomic mass is 9.80. The summed E-state index contributed by atoms with van der Waals surface area (Å²) in [6, 6.07) is 7.54. The van der Waals surface area contributed by atoms with Crippen LogP contribution in [-0.4, -0.2) is 47.2 Å². The molecule has 0 unspecified atom stereocenters. The molecule has 6 nitrogen and oxygen atoms in total. The maximum atomic E-state index is 12.6. The van der Waals surface area contributed by atoms with Crippen molar-refractivity contribution in [3.05, 3.63) is 57.6 Å². The molecule has 166 valence electrons. The van der Waals surface area contributed by atoms with Crippen LogP contribution in [0.2, 0.25) is 0 Å². The summed E-state index contributed by atoms with van der Waals surface area (Å²) in [5.74, 6) is 1.03. The number of carbonyl (C=O) groups excluding carboxylic acids is 2. The molecule has 0 fully saturated rings. The molecular formula is C26H28N2O4. The normalized spacial score (nSPS) is 19.8. The van der Waals surface area contributed by atoms with E-state index < -0.39 is 0 Å². The average Bonchev–Trinajstić information content (AvgIpc) is 3.15. The number of hydrogen-bond acceptors (Lipinski definition) is 5. The third-order valence-electron chi connectivity index (χ3n) is 6.34. The van der Waals surface area contributed by atoms with E-state index in [9.17, 15) is 9.59 Å². The number of aliphatic imine (C=N–C) groups is 1. The van der Waals surface area contributed by atoms with Crippen LogP contribution in [0.15, 0.2) is 29.3 Å². The number of ether oxygens (including phenoxy) is 2. The van der Waals surface area contributed by atoms with E-state index in [-0.39, 0.29) is 23.0 Å². The van der Waals surface area contributed by atoms with E-state index in [2.05, 4.69) is 33.8 Å². The van der Waals surface area contributed by atoms with Crippen molar-refractivity contribution in [2.45, 2.75) is 58.6 Å². The molecule has 3 aliphatic rings. The fourth-order valence-electron chi connectivity index (χ4n) is 5.05. The van der Waals surface area contributed by atoms with Gasteiger partial charge in [-0.1, -0.05) is 6.07 Å². The lowest BCUT2D eigenvalue weighted by Crippen LogP contribution is -2.30. The third-order valence-corrected chi connectivity index (χ3v) is 6.34. The Hall–Kier alpha value is -3.15. The van der Waals surface area contributed by atoms with Gasteiger partial charge in [-0.05, 0) is 64.8 Å². The molecule has 0 atom stereocenters. The molecule has 3 heterocycles. The van der Waals surface area contributed by atoms with Gasteiger partial charge in [-0.15, -0.1) is 0 Å². The molecule has 2 aromatic rings. The van der Waals surface area contributed by atoms with Gasteiger partial charge in [0.25, 0.3) is 11.8 Å². The van der Waals surface area contributed by atoms with Crippen LogP contribution >= 0.6 is 0 Å². The highest BCUT2D eigenvalue weighted by atomic mass is 16.5. The third kappa shape index (κ3) is 3.04. The number of amides is 2. The summed E-state index contributed by atoms with van der Waals surface area (Å²) in [7, 11) is 1.52. The minimum Gasteiger partial charge on any atom is -0.490 e. The number of nitrogens with zero attached hydrogens (tertiary/aromatic N) is 2. The number of fused-ring (bicyclic) bond motifs is 4. The van der Waals surface area contributed by atoms with E-state index in [0.29, 0.717) is 17.7 Å². The molecule has 0 spiro atoms. The van der Waals surface area contributed by atoms with Crippen LogP contribution in [-0.2, 0) is 12.8 Å². The Morgan fingerprint density at radius 2 is 1.78 bits per heavy atom. The Morgan fingerprint density at radius 1 is 1.06 bits per heavy atom. The highest BCUT2D eigenvalue weighted by Crippen LogP contribution is 2.48.